The average Bonchev–Trinajstić information content (AvgIpc) is 2.85. The highest BCUT2D eigenvalue weighted by atomic mass is 16.4. The highest BCUT2D eigenvalue weighted by Gasteiger charge is 2.29. The number of carboxylic acids is 1. The summed E-state index contributed by atoms with van der Waals surface area (Å²) in [5.74, 6) is -3.12. The molecule has 0 bridgehead atoms. The zero-order valence-electron chi connectivity index (χ0n) is 21.2. The van der Waals surface area contributed by atoms with Gasteiger partial charge in [-0.3, -0.25) is 19.4 Å². The number of hydrogen-bond donors (Lipinski definition) is 8. The first-order valence-electron chi connectivity index (χ1n) is 12.2. The smallest absolute Gasteiger partial charge is 0.326 e. The van der Waals surface area contributed by atoms with Crippen LogP contribution in [0, 0.1) is 0 Å². The van der Waals surface area contributed by atoms with Crippen molar-refractivity contribution in [3.8, 4) is 0 Å². The Morgan fingerprint density at radius 2 is 1.54 bits per heavy atom. The molecule has 0 aliphatic carbocycles. The first kappa shape index (κ1) is 31.3. The number of rotatable bonds is 17. The van der Waals surface area contributed by atoms with Gasteiger partial charge in [-0.05, 0) is 44.7 Å². The van der Waals surface area contributed by atoms with E-state index in [4.69, 9.17) is 22.9 Å². The molecule has 0 aromatic heterocycles. The molecule has 37 heavy (non-hydrogen) atoms. The standard InChI is InChI=1S/C24H40N8O5/c1-15(30-21(34)17(26)10-5-6-12-25)20(33)32-19(14-16-8-3-2-4-9-16)22(35)31-18(23(36)37)11-7-13-29-24(27)28/h2-4,8-9,15,17-19H,5-7,10-14,25-26H2,1H3,(H,30,34)(H,31,35)(H,32,33)(H,36,37)(H4,27,28,29). The number of guanidine groups is 1. The van der Waals surface area contributed by atoms with Gasteiger partial charge in [0.05, 0.1) is 6.04 Å². The lowest BCUT2D eigenvalue weighted by molar-refractivity contribution is -0.142. The van der Waals surface area contributed by atoms with Crippen molar-refractivity contribution < 1.29 is 24.3 Å². The number of unbranched alkanes of at least 4 members (excludes halogenated alkanes) is 1. The fraction of sp³-hybridized carbons (Fsp3) is 0.542. The summed E-state index contributed by atoms with van der Waals surface area (Å²) < 4.78 is 0. The van der Waals surface area contributed by atoms with Crippen LogP contribution in [0.5, 0.6) is 0 Å². The summed E-state index contributed by atoms with van der Waals surface area (Å²) in [5, 5.41) is 17.2. The van der Waals surface area contributed by atoms with E-state index in [2.05, 4.69) is 20.9 Å². The van der Waals surface area contributed by atoms with Crippen LogP contribution in [0.25, 0.3) is 0 Å². The van der Waals surface area contributed by atoms with Crippen LogP contribution < -0.4 is 38.9 Å². The predicted molar refractivity (Wildman–Crippen MR) is 140 cm³/mol. The first-order valence-corrected chi connectivity index (χ1v) is 12.2. The summed E-state index contributed by atoms with van der Waals surface area (Å²) in [4.78, 5) is 53.7. The van der Waals surface area contributed by atoms with E-state index in [1.54, 1.807) is 24.3 Å². The lowest BCUT2D eigenvalue weighted by Gasteiger charge is -2.24. The molecule has 0 aliphatic heterocycles. The predicted octanol–water partition coefficient (Wildman–Crippen LogP) is -1.70. The summed E-state index contributed by atoms with van der Waals surface area (Å²) in [7, 11) is 0. The highest BCUT2D eigenvalue weighted by molar-refractivity contribution is 5.94. The third-order valence-corrected chi connectivity index (χ3v) is 5.53. The van der Waals surface area contributed by atoms with Gasteiger partial charge < -0.3 is 44.0 Å². The SMILES string of the molecule is CC(NC(=O)C(N)CCCCN)C(=O)NC(Cc1ccccc1)C(=O)NC(CCCN=C(N)N)C(=O)O. The molecule has 0 fully saturated rings. The minimum absolute atomic E-state index is 0.0817. The second-order valence-electron chi connectivity index (χ2n) is 8.72. The van der Waals surface area contributed by atoms with Gasteiger partial charge in [0.15, 0.2) is 5.96 Å². The minimum Gasteiger partial charge on any atom is -0.480 e. The van der Waals surface area contributed by atoms with E-state index in [-0.39, 0.29) is 25.3 Å². The van der Waals surface area contributed by atoms with Crippen molar-refractivity contribution >= 4 is 29.7 Å². The molecule has 1 aromatic carbocycles. The molecule has 12 N–H and O–H groups in total. The zero-order chi connectivity index (χ0) is 27.8. The third kappa shape index (κ3) is 12.7. The fourth-order valence-corrected chi connectivity index (χ4v) is 3.41. The molecule has 1 rings (SSSR count). The van der Waals surface area contributed by atoms with Crippen molar-refractivity contribution in [2.24, 2.45) is 27.9 Å². The Labute approximate surface area is 216 Å². The van der Waals surface area contributed by atoms with E-state index in [0.29, 0.717) is 25.8 Å². The van der Waals surface area contributed by atoms with Gasteiger partial charge in [-0.2, -0.15) is 0 Å². The molecule has 0 radical (unpaired) electrons. The Bertz CT molecular complexity index is 908. The number of benzene rings is 1. The van der Waals surface area contributed by atoms with Gasteiger partial charge in [0.25, 0.3) is 0 Å². The van der Waals surface area contributed by atoms with Gasteiger partial charge in [-0.1, -0.05) is 36.8 Å². The molecule has 206 valence electrons. The maximum absolute atomic E-state index is 13.1. The summed E-state index contributed by atoms with van der Waals surface area (Å²) >= 11 is 0. The molecule has 0 saturated heterocycles. The van der Waals surface area contributed by atoms with Crippen molar-refractivity contribution in [1.29, 1.82) is 0 Å². The number of nitrogens with two attached hydrogens (primary N) is 4. The molecule has 0 saturated carbocycles. The van der Waals surface area contributed by atoms with Crippen LogP contribution in [0.3, 0.4) is 0 Å². The van der Waals surface area contributed by atoms with Crippen LogP contribution in [0.4, 0.5) is 0 Å². The van der Waals surface area contributed by atoms with Crippen LogP contribution in [0.1, 0.15) is 44.6 Å². The molecule has 1 aromatic rings. The maximum atomic E-state index is 13.1. The molecule has 4 atom stereocenters. The Hall–Kier alpha value is -3.71. The Morgan fingerprint density at radius 1 is 0.892 bits per heavy atom. The lowest BCUT2D eigenvalue weighted by atomic mass is 10.0. The Kier molecular flexibility index (Phi) is 14.3. The molecule has 0 heterocycles. The molecule has 0 spiro atoms. The van der Waals surface area contributed by atoms with E-state index < -0.39 is 47.9 Å². The topological polar surface area (TPSA) is 241 Å². The molecular weight excluding hydrogens is 480 g/mol. The van der Waals surface area contributed by atoms with E-state index >= 15 is 0 Å². The van der Waals surface area contributed by atoms with Crippen LogP contribution in [0.15, 0.2) is 35.3 Å². The maximum Gasteiger partial charge on any atom is 0.326 e. The number of aliphatic imine (C=N–C) groups is 1. The number of aliphatic carboxylic acids is 1. The number of carboxylic acid groups (broad SMARTS) is 1. The van der Waals surface area contributed by atoms with E-state index in [0.717, 1.165) is 12.0 Å². The largest absolute Gasteiger partial charge is 0.480 e. The van der Waals surface area contributed by atoms with E-state index in [1.807, 2.05) is 6.07 Å². The monoisotopic (exact) mass is 520 g/mol. The number of nitrogens with zero attached hydrogens (tertiary/aromatic N) is 1. The summed E-state index contributed by atoms with van der Waals surface area (Å²) in [6.45, 7) is 2.18. The highest BCUT2D eigenvalue weighted by Crippen LogP contribution is 2.06. The van der Waals surface area contributed by atoms with Crippen molar-refractivity contribution in [3.05, 3.63) is 35.9 Å². The zero-order valence-corrected chi connectivity index (χ0v) is 21.2. The van der Waals surface area contributed by atoms with Gasteiger partial charge in [-0.15, -0.1) is 0 Å². The average molecular weight is 521 g/mol. The summed E-state index contributed by atoms with van der Waals surface area (Å²) in [5.41, 5.74) is 22.6. The summed E-state index contributed by atoms with van der Waals surface area (Å²) in [6.07, 6.45) is 2.35. The molecule has 0 aliphatic rings. The van der Waals surface area contributed by atoms with Crippen molar-refractivity contribution in [2.75, 3.05) is 13.1 Å². The molecule has 13 heteroatoms. The number of nitrogens with one attached hydrogen (secondary N) is 3. The number of amides is 3. The summed E-state index contributed by atoms with van der Waals surface area (Å²) in [6, 6.07) is 4.86. The van der Waals surface area contributed by atoms with Crippen molar-refractivity contribution in [1.82, 2.24) is 16.0 Å². The molecule has 4 unspecified atom stereocenters. The van der Waals surface area contributed by atoms with E-state index in [9.17, 15) is 24.3 Å². The first-order chi connectivity index (χ1) is 17.5. The fourth-order valence-electron chi connectivity index (χ4n) is 3.41. The Morgan fingerprint density at radius 3 is 2.14 bits per heavy atom. The van der Waals surface area contributed by atoms with Gasteiger partial charge >= 0.3 is 5.97 Å². The normalized spacial score (nSPS) is 13.9. The van der Waals surface area contributed by atoms with Gasteiger partial charge in [0, 0.05) is 13.0 Å². The second kappa shape index (κ2) is 16.9. The quantitative estimate of drug-likeness (QED) is 0.0662. The van der Waals surface area contributed by atoms with Crippen molar-refractivity contribution in [3.63, 3.8) is 0 Å². The minimum atomic E-state index is -1.23. The van der Waals surface area contributed by atoms with Crippen LogP contribution >= 0.6 is 0 Å². The Balaban J connectivity index is 2.87. The number of hydrogen-bond acceptors (Lipinski definition) is 7. The van der Waals surface area contributed by atoms with Gasteiger partial charge in [0.2, 0.25) is 17.7 Å². The second-order valence-corrected chi connectivity index (χ2v) is 8.72. The molecular formula is C24H40N8O5. The number of carbonyl (C=O) groups excluding carboxylic acids is 3. The van der Waals surface area contributed by atoms with E-state index in [1.165, 1.54) is 6.92 Å². The van der Waals surface area contributed by atoms with Crippen molar-refractivity contribution in [2.45, 2.75) is 69.6 Å². The lowest BCUT2D eigenvalue weighted by Crippen LogP contribution is -2.57. The van der Waals surface area contributed by atoms with Crippen LogP contribution in [0.2, 0.25) is 0 Å². The molecule has 13 nitrogen and oxygen atoms in total. The van der Waals surface area contributed by atoms with Crippen LogP contribution in [-0.4, -0.2) is 72.0 Å². The van der Waals surface area contributed by atoms with Gasteiger partial charge in [0.1, 0.15) is 18.1 Å². The van der Waals surface area contributed by atoms with Gasteiger partial charge in [-0.25, -0.2) is 4.79 Å². The number of carbonyl (C=O) groups is 4. The third-order valence-electron chi connectivity index (χ3n) is 5.53. The van der Waals surface area contributed by atoms with Crippen LogP contribution in [-0.2, 0) is 25.6 Å². The molecule has 3 amide bonds.